The summed E-state index contributed by atoms with van der Waals surface area (Å²) in [7, 11) is -3.68. The molecule has 1 aromatic heterocycles. The molecule has 1 aromatic carbocycles. The molecule has 1 aliphatic rings. The Bertz CT molecular complexity index is 1170. The van der Waals surface area contributed by atoms with Gasteiger partial charge >= 0.3 is 5.97 Å². The molecule has 9 heteroatoms. The minimum atomic E-state index is -3.68. The summed E-state index contributed by atoms with van der Waals surface area (Å²) in [6.07, 6.45) is 0. The van der Waals surface area contributed by atoms with Gasteiger partial charge in [0.25, 0.3) is 5.91 Å². The molecule has 1 amide bonds. The van der Waals surface area contributed by atoms with E-state index in [-0.39, 0.29) is 44.4 Å². The summed E-state index contributed by atoms with van der Waals surface area (Å²) in [5.74, 6) is -0.762. The number of sulfonamides is 1. The maximum absolute atomic E-state index is 13.4. The molecule has 8 nitrogen and oxygen atoms in total. The molecule has 0 radical (unpaired) electrons. The lowest BCUT2D eigenvalue weighted by molar-refractivity contribution is 0.0523. The molecule has 0 saturated carbocycles. The Balaban J connectivity index is 1.76. The molecule has 0 N–H and O–H groups in total. The first-order chi connectivity index (χ1) is 15.5. The lowest BCUT2D eigenvalue weighted by atomic mass is 10.0. The van der Waals surface area contributed by atoms with Gasteiger partial charge in [0.1, 0.15) is 5.69 Å². The lowest BCUT2D eigenvalue weighted by Crippen LogP contribution is -2.50. The van der Waals surface area contributed by atoms with E-state index >= 15 is 0 Å². The van der Waals surface area contributed by atoms with Crippen molar-refractivity contribution in [1.82, 2.24) is 14.2 Å². The van der Waals surface area contributed by atoms with Crippen LogP contribution in [0.5, 0.6) is 0 Å². The Morgan fingerprint density at radius 1 is 0.970 bits per heavy atom. The number of hydrogen-bond acceptors (Lipinski definition) is 6. The van der Waals surface area contributed by atoms with Crippen molar-refractivity contribution < 1.29 is 22.7 Å². The van der Waals surface area contributed by atoms with Gasteiger partial charge in [0.15, 0.2) is 0 Å². The predicted molar refractivity (Wildman–Crippen MR) is 125 cm³/mol. The predicted octanol–water partition coefficient (Wildman–Crippen LogP) is 2.95. The molecule has 0 bridgehead atoms. The van der Waals surface area contributed by atoms with Crippen LogP contribution in [0.4, 0.5) is 0 Å². The van der Waals surface area contributed by atoms with Gasteiger partial charge in [0, 0.05) is 26.2 Å². The van der Waals surface area contributed by atoms with E-state index in [1.165, 1.54) is 10.4 Å². The summed E-state index contributed by atoms with van der Waals surface area (Å²) in [5.41, 5.74) is 4.37. The third-order valence-electron chi connectivity index (χ3n) is 6.22. The minimum Gasteiger partial charge on any atom is -0.462 e. The van der Waals surface area contributed by atoms with Crippen LogP contribution in [0.1, 0.15) is 55.7 Å². The van der Waals surface area contributed by atoms with Crippen molar-refractivity contribution in [3.63, 3.8) is 0 Å². The van der Waals surface area contributed by atoms with Gasteiger partial charge in [-0.3, -0.25) is 4.79 Å². The molecule has 1 aliphatic heterocycles. The molecule has 1 saturated heterocycles. The van der Waals surface area contributed by atoms with E-state index in [9.17, 15) is 18.0 Å². The largest absolute Gasteiger partial charge is 0.462 e. The average Bonchev–Trinajstić information content (AvgIpc) is 2.77. The fraction of sp³-hybridized carbons (Fsp3) is 0.458. The van der Waals surface area contributed by atoms with Crippen LogP contribution >= 0.6 is 0 Å². The number of piperazine rings is 1. The van der Waals surface area contributed by atoms with Crippen molar-refractivity contribution in [2.75, 3.05) is 32.8 Å². The van der Waals surface area contributed by atoms with Gasteiger partial charge in [0.05, 0.1) is 22.8 Å². The van der Waals surface area contributed by atoms with Crippen LogP contribution in [0.2, 0.25) is 0 Å². The summed E-state index contributed by atoms with van der Waals surface area (Å²) < 4.78 is 33.3. The minimum absolute atomic E-state index is 0.208. The number of carbonyl (C=O) groups excluding carboxylic acids is 2. The highest BCUT2D eigenvalue weighted by molar-refractivity contribution is 7.89. The van der Waals surface area contributed by atoms with Gasteiger partial charge in [-0.05, 0) is 75.9 Å². The number of hydrogen-bond donors (Lipinski definition) is 0. The van der Waals surface area contributed by atoms with E-state index < -0.39 is 16.0 Å². The molecule has 3 rings (SSSR count). The summed E-state index contributed by atoms with van der Waals surface area (Å²) in [6, 6.07) is 5.05. The van der Waals surface area contributed by atoms with Crippen LogP contribution < -0.4 is 0 Å². The highest BCUT2D eigenvalue weighted by atomic mass is 32.2. The van der Waals surface area contributed by atoms with Crippen LogP contribution in [-0.2, 0) is 14.8 Å². The second-order valence-corrected chi connectivity index (χ2v) is 10.2. The number of nitrogens with zero attached hydrogens (tertiary/aromatic N) is 3. The number of ether oxygens (including phenoxy) is 1. The number of carbonyl (C=O) groups is 2. The molecule has 178 valence electrons. The van der Waals surface area contributed by atoms with Crippen LogP contribution in [0.25, 0.3) is 0 Å². The van der Waals surface area contributed by atoms with Crippen molar-refractivity contribution in [2.24, 2.45) is 0 Å². The van der Waals surface area contributed by atoms with E-state index in [1.54, 1.807) is 24.8 Å². The average molecular weight is 474 g/mol. The fourth-order valence-electron chi connectivity index (χ4n) is 4.09. The van der Waals surface area contributed by atoms with Crippen molar-refractivity contribution >= 4 is 21.9 Å². The number of rotatable bonds is 5. The second-order valence-electron chi connectivity index (χ2n) is 8.34. The van der Waals surface area contributed by atoms with Gasteiger partial charge in [0.2, 0.25) is 10.0 Å². The second kappa shape index (κ2) is 9.61. The van der Waals surface area contributed by atoms with E-state index in [0.717, 1.165) is 22.3 Å². The first-order valence-corrected chi connectivity index (χ1v) is 12.4. The monoisotopic (exact) mass is 473 g/mol. The molecule has 1 fully saturated rings. The number of amides is 1. The Labute approximate surface area is 195 Å². The summed E-state index contributed by atoms with van der Waals surface area (Å²) >= 11 is 0. The van der Waals surface area contributed by atoms with Crippen molar-refractivity contribution in [2.45, 2.75) is 46.4 Å². The van der Waals surface area contributed by atoms with E-state index in [0.29, 0.717) is 16.2 Å². The molecule has 2 aromatic rings. The molecule has 0 aliphatic carbocycles. The number of pyridine rings is 1. The summed E-state index contributed by atoms with van der Waals surface area (Å²) in [5, 5.41) is 0. The Morgan fingerprint density at radius 2 is 1.55 bits per heavy atom. The van der Waals surface area contributed by atoms with Gasteiger partial charge in [-0.2, -0.15) is 4.31 Å². The molecule has 33 heavy (non-hydrogen) atoms. The molecule has 0 atom stereocenters. The van der Waals surface area contributed by atoms with Gasteiger partial charge in [-0.1, -0.05) is 6.07 Å². The maximum atomic E-state index is 13.4. The van der Waals surface area contributed by atoms with Crippen LogP contribution in [0, 0.1) is 34.6 Å². The molecular formula is C24H31N3O5S. The van der Waals surface area contributed by atoms with Gasteiger partial charge < -0.3 is 9.64 Å². The normalized spacial score (nSPS) is 14.9. The zero-order valence-corrected chi connectivity index (χ0v) is 20.9. The Kier molecular flexibility index (Phi) is 7.23. The lowest BCUT2D eigenvalue weighted by Gasteiger charge is -2.34. The highest BCUT2D eigenvalue weighted by Gasteiger charge is 2.33. The van der Waals surface area contributed by atoms with Crippen molar-refractivity contribution in [3.8, 4) is 0 Å². The number of aromatic nitrogens is 1. The van der Waals surface area contributed by atoms with Gasteiger partial charge in [-0.15, -0.1) is 0 Å². The van der Waals surface area contributed by atoms with Crippen LogP contribution in [0.3, 0.4) is 0 Å². The molecular weight excluding hydrogens is 442 g/mol. The zero-order valence-electron chi connectivity index (χ0n) is 20.1. The standard InChI is InChI=1S/C24H31N3O5S/c1-7-32-24(29)20-8-9-21(25-19(20)6)23(28)26-10-12-27(13-11-26)33(30,31)22-17(4)15(2)14-16(3)18(22)5/h8-9,14H,7,10-13H2,1-6H3. The molecule has 0 unspecified atom stereocenters. The first-order valence-electron chi connectivity index (χ1n) is 11.0. The Morgan fingerprint density at radius 3 is 2.06 bits per heavy atom. The van der Waals surface area contributed by atoms with E-state index in [4.69, 9.17) is 4.74 Å². The van der Waals surface area contributed by atoms with Crippen LogP contribution in [0.15, 0.2) is 23.1 Å². The highest BCUT2D eigenvalue weighted by Crippen LogP contribution is 2.29. The van der Waals surface area contributed by atoms with E-state index in [2.05, 4.69) is 4.98 Å². The smallest absolute Gasteiger partial charge is 0.339 e. The number of benzene rings is 1. The number of aryl methyl sites for hydroxylation is 3. The maximum Gasteiger partial charge on any atom is 0.339 e. The fourth-order valence-corrected chi connectivity index (χ4v) is 6.09. The quantitative estimate of drug-likeness (QED) is 0.620. The topological polar surface area (TPSA) is 96.9 Å². The SMILES string of the molecule is CCOC(=O)c1ccc(C(=O)N2CCN(S(=O)(=O)c3c(C)c(C)cc(C)c3C)CC2)nc1C. The van der Waals surface area contributed by atoms with Crippen molar-refractivity contribution in [1.29, 1.82) is 0 Å². The number of esters is 1. The van der Waals surface area contributed by atoms with E-state index in [1.807, 2.05) is 33.8 Å². The van der Waals surface area contributed by atoms with Crippen LogP contribution in [-0.4, -0.2) is 67.3 Å². The summed E-state index contributed by atoms with van der Waals surface area (Å²) in [4.78, 5) is 31.2. The third kappa shape index (κ3) is 4.79. The zero-order chi connectivity index (χ0) is 24.5. The van der Waals surface area contributed by atoms with Gasteiger partial charge in [-0.25, -0.2) is 18.2 Å². The molecule has 2 heterocycles. The summed E-state index contributed by atoms with van der Waals surface area (Å²) in [6.45, 7) is 12.1. The molecule has 0 spiro atoms. The Hall–Kier alpha value is -2.78. The third-order valence-corrected chi connectivity index (χ3v) is 8.39. The first kappa shape index (κ1) is 24.9. The van der Waals surface area contributed by atoms with Crippen molar-refractivity contribution in [3.05, 3.63) is 57.4 Å².